The molecule has 3 fully saturated rings. The molecule has 262 valence electrons. The predicted molar refractivity (Wildman–Crippen MR) is 189 cm³/mol. The number of halogens is 1. The first-order chi connectivity index (χ1) is 24.1. The van der Waals surface area contributed by atoms with Gasteiger partial charge in [-0.3, -0.25) is 14.4 Å². The van der Waals surface area contributed by atoms with Gasteiger partial charge in [0, 0.05) is 75.6 Å². The molecule has 0 radical (unpaired) electrons. The van der Waals surface area contributed by atoms with E-state index in [1.807, 2.05) is 4.90 Å². The number of nitrogen functional groups attached to an aromatic ring is 1. The van der Waals surface area contributed by atoms with Gasteiger partial charge in [-0.05, 0) is 37.7 Å². The molecule has 0 aromatic carbocycles. The minimum atomic E-state index is -0.260. The van der Waals surface area contributed by atoms with Gasteiger partial charge in [0.15, 0.2) is 5.69 Å². The molecule has 8 rings (SSSR count). The molecular weight excluding hydrogens is 678 g/mol. The number of ether oxygens (including phenoxy) is 2. The Kier molecular flexibility index (Phi) is 8.30. The maximum absolute atomic E-state index is 12.9. The molecule has 6 heterocycles. The second-order valence-corrected chi connectivity index (χ2v) is 16.0. The summed E-state index contributed by atoms with van der Waals surface area (Å²) in [6.45, 7) is 15.9. The molecule has 1 spiro atoms. The zero-order valence-corrected chi connectivity index (χ0v) is 29.9. The van der Waals surface area contributed by atoms with Crippen LogP contribution >= 0.6 is 22.9 Å². The number of thiophene rings is 1. The number of anilines is 3. The van der Waals surface area contributed by atoms with E-state index in [1.165, 1.54) is 21.1 Å². The van der Waals surface area contributed by atoms with Gasteiger partial charge in [0.25, 0.3) is 11.6 Å². The average Bonchev–Trinajstić information content (AvgIpc) is 3.60. The summed E-state index contributed by atoms with van der Waals surface area (Å²) in [5.41, 5.74) is 9.04. The Morgan fingerprint density at radius 1 is 1.16 bits per heavy atom. The quantitative estimate of drug-likeness (QED) is 0.341. The number of nitriles is 1. The van der Waals surface area contributed by atoms with Crippen molar-refractivity contribution < 1.29 is 14.3 Å². The van der Waals surface area contributed by atoms with Gasteiger partial charge in [-0.1, -0.05) is 11.6 Å². The van der Waals surface area contributed by atoms with Crippen molar-refractivity contribution in [1.82, 2.24) is 29.5 Å². The van der Waals surface area contributed by atoms with E-state index in [1.54, 1.807) is 18.8 Å². The number of hydrogen-bond acceptors (Lipinski definition) is 12. The molecule has 0 atom stereocenters. The van der Waals surface area contributed by atoms with Crippen molar-refractivity contribution in [2.24, 2.45) is 5.41 Å². The highest BCUT2D eigenvalue weighted by molar-refractivity contribution is 7.16. The fraction of sp³-hybridized carbons (Fsp3) is 0.588. The van der Waals surface area contributed by atoms with E-state index in [9.17, 15) is 10.1 Å². The summed E-state index contributed by atoms with van der Waals surface area (Å²) in [7, 11) is 3.35. The number of carbonyl (C=O) groups excluding carboxylic acids is 1. The maximum atomic E-state index is 12.9. The number of fused-ring (bicyclic) bond motifs is 3. The van der Waals surface area contributed by atoms with Crippen LogP contribution in [0.1, 0.15) is 57.9 Å². The van der Waals surface area contributed by atoms with Crippen LogP contribution in [0, 0.1) is 23.3 Å². The number of hydrogen-bond donors (Lipinski definition) is 1. The number of nitrogens with two attached hydrogens (primary N) is 1. The van der Waals surface area contributed by atoms with Gasteiger partial charge in [0.1, 0.15) is 22.7 Å². The number of aromatic nitrogens is 4. The largest absolute Gasteiger partial charge is 0.463 e. The first-order valence-electron chi connectivity index (χ1n) is 17.1. The van der Waals surface area contributed by atoms with Crippen LogP contribution in [-0.4, -0.2) is 109 Å². The number of rotatable bonds is 8. The molecule has 5 aliphatic rings. The third-order valence-electron chi connectivity index (χ3n) is 10.9. The van der Waals surface area contributed by atoms with E-state index < -0.39 is 0 Å². The van der Waals surface area contributed by atoms with Crippen LogP contribution in [0.25, 0.3) is 4.85 Å². The van der Waals surface area contributed by atoms with E-state index in [0.29, 0.717) is 84.4 Å². The molecule has 0 unspecified atom stereocenters. The fourth-order valence-electron chi connectivity index (χ4n) is 7.98. The van der Waals surface area contributed by atoms with E-state index in [2.05, 4.69) is 25.8 Å². The van der Waals surface area contributed by atoms with Crippen molar-refractivity contribution >= 4 is 51.2 Å². The van der Waals surface area contributed by atoms with Crippen LogP contribution in [0.5, 0.6) is 6.01 Å². The molecule has 3 aromatic heterocycles. The first kappa shape index (κ1) is 33.0. The van der Waals surface area contributed by atoms with Crippen LogP contribution in [0.3, 0.4) is 0 Å². The summed E-state index contributed by atoms with van der Waals surface area (Å²) >= 11 is 8.34. The van der Waals surface area contributed by atoms with Gasteiger partial charge in [-0.2, -0.15) is 20.3 Å². The number of aryl methyl sites for hydroxylation is 2. The number of carbonyl (C=O) groups is 1. The molecule has 2 N–H and O–H groups in total. The highest BCUT2D eigenvalue weighted by Gasteiger charge is 2.52. The van der Waals surface area contributed by atoms with E-state index >= 15 is 0 Å². The molecule has 3 aromatic rings. The second-order valence-electron chi connectivity index (χ2n) is 14.5. The zero-order chi connectivity index (χ0) is 34.8. The molecule has 2 aliphatic carbocycles. The van der Waals surface area contributed by atoms with Crippen LogP contribution in [0.15, 0.2) is 0 Å². The monoisotopic (exact) mass is 717 g/mol. The molecule has 3 aliphatic heterocycles. The summed E-state index contributed by atoms with van der Waals surface area (Å²) in [5, 5.41) is 15.4. The molecule has 50 heavy (non-hydrogen) atoms. The lowest BCUT2D eigenvalue weighted by molar-refractivity contribution is 0.0231. The van der Waals surface area contributed by atoms with Crippen molar-refractivity contribution in [3.05, 3.63) is 43.8 Å². The van der Waals surface area contributed by atoms with Gasteiger partial charge >= 0.3 is 6.01 Å². The third kappa shape index (κ3) is 5.61. The van der Waals surface area contributed by atoms with Crippen molar-refractivity contribution in [3.8, 4) is 12.1 Å². The predicted octanol–water partition coefficient (Wildman–Crippen LogP) is 3.70. The molecule has 1 amide bonds. The smallest absolute Gasteiger partial charge is 0.317 e. The number of amides is 1. The maximum Gasteiger partial charge on any atom is 0.317 e. The molecule has 0 bridgehead atoms. The van der Waals surface area contributed by atoms with Gasteiger partial charge in [0.05, 0.1) is 49.2 Å². The van der Waals surface area contributed by atoms with Crippen molar-refractivity contribution in [2.75, 3.05) is 88.7 Å². The Morgan fingerprint density at radius 2 is 1.90 bits per heavy atom. The number of morpholine rings is 1. The molecule has 16 heteroatoms. The van der Waals surface area contributed by atoms with Gasteiger partial charge in [0.2, 0.25) is 0 Å². The van der Waals surface area contributed by atoms with Gasteiger partial charge in [-0.15, -0.1) is 11.3 Å². The normalized spacial score (nSPS) is 20.3. The first-order valence-corrected chi connectivity index (χ1v) is 18.3. The Bertz CT molecular complexity index is 1930. The second kappa shape index (κ2) is 12.6. The Balaban J connectivity index is 1.12. The summed E-state index contributed by atoms with van der Waals surface area (Å²) in [5.74, 6) is 0.754. The number of nitrogens with zero attached hydrogens (tertiary/aromatic N) is 10. The Morgan fingerprint density at radius 3 is 2.58 bits per heavy atom. The van der Waals surface area contributed by atoms with Gasteiger partial charge in [-0.25, -0.2) is 4.85 Å². The molecule has 1 saturated carbocycles. The lowest BCUT2D eigenvalue weighted by Crippen LogP contribution is -2.59. The summed E-state index contributed by atoms with van der Waals surface area (Å²) in [6, 6.07) is 2.59. The summed E-state index contributed by atoms with van der Waals surface area (Å²) in [4.78, 5) is 36.0. The lowest BCUT2D eigenvalue weighted by atomic mass is 9.74. The molecular formula is C34H40ClN11O3S. The average molecular weight is 718 g/mol. The summed E-state index contributed by atoms with van der Waals surface area (Å²) in [6.07, 6.45) is 4.69. The van der Waals surface area contributed by atoms with Crippen molar-refractivity contribution in [1.29, 1.82) is 5.26 Å². The van der Waals surface area contributed by atoms with Crippen LogP contribution in [0.2, 0.25) is 5.02 Å². The minimum Gasteiger partial charge on any atom is -0.463 e. The van der Waals surface area contributed by atoms with E-state index in [-0.39, 0.29) is 28.4 Å². The molecule has 2 saturated heterocycles. The van der Waals surface area contributed by atoms with E-state index in [0.717, 1.165) is 64.1 Å². The van der Waals surface area contributed by atoms with E-state index in [4.69, 9.17) is 43.3 Å². The van der Waals surface area contributed by atoms with Crippen LogP contribution in [-0.2, 0) is 29.7 Å². The topological polar surface area (TPSA) is 146 Å². The standard InChI is InChI=1S/C34H40ClN11O3S/c1-38-27-29(44-9-4-10-46-22(16-44)25(35)26(41-46)31(47)42(2)3)39-32(49-20-33(7-8-33)17-43-11-13-48-14-12-43)40-30(27)45-18-34(19-45)6-5-23-24(34)21(15-36)28(37)50-23/h4-14,16-20,37H2,2-3H3. The molecule has 14 nitrogen and oxygen atoms in total. The Hall–Kier alpha value is -4.15. The SMILES string of the molecule is [C-]#[N+]c1c(N2CCCn3nc(C(=O)N(C)C)c(Cl)c3C2)nc(OCC2(CN3CCOCC3)CC2)nc1N1CC2(CCc3sc(N)c(C#N)c32)C1. The fourth-order valence-corrected chi connectivity index (χ4v) is 9.39. The van der Waals surface area contributed by atoms with Crippen molar-refractivity contribution in [2.45, 2.75) is 50.6 Å². The Labute approximate surface area is 300 Å². The highest BCUT2D eigenvalue weighted by atomic mass is 35.5. The third-order valence-corrected chi connectivity index (χ3v) is 12.3. The zero-order valence-electron chi connectivity index (χ0n) is 28.4. The highest BCUT2D eigenvalue weighted by Crippen LogP contribution is 2.54. The van der Waals surface area contributed by atoms with Gasteiger partial charge < -0.3 is 29.9 Å². The minimum absolute atomic E-state index is 0.0468. The lowest BCUT2D eigenvalue weighted by Gasteiger charge is -2.50. The summed E-state index contributed by atoms with van der Waals surface area (Å²) < 4.78 is 13.8. The van der Waals surface area contributed by atoms with Crippen molar-refractivity contribution in [3.63, 3.8) is 0 Å². The van der Waals surface area contributed by atoms with Crippen LogP contribution in [0.4, 0.5) is 22.3 Å². The van der Waals surface area contributed by atoms with Crippen LogP contribution < -0.4 is 20.3 Å².